The van der Waals surface area contributed by atoms with Crippen LogP contribution in [0.2, 0.25) is 0 Å². The number of ether oxygens (including phenoxy) is 2. The van der Waals surface area contributed by atoms with Crippen molar-refractivity contribution >= 4 is 0 Å². The lowest BCUT2D eigenvalue weighted by atomic mass is 10.2. The fourth-order valence-corrected chi connectivity index (χ4v) is 1.61. The average Bonchev–Trinajstić information content (AvgIpc) is 2.42. The molecule has 3 heteroatoms. The lowest BCUT2D eigenvalue weighted by molar-refractivity contribution is 0.228. The number of hydrogen-bond donors (Lipinski definition) is 1. The van der Waals surface area contributed by atoms with Crippen molar-refractivity contribution in [1.82, 2.24) is 5.32 Å². The molecule has 1 aromatic rings. The lowest BCUT2D eigenvalue weighted by Gasteiger charge is -2.08. The van der Waals surface area contributed by atoms with Crippen LogP contribution in [0.4, 0.5) is 0 Å². The van der Waals surface area contributed by atoms with Crippen LogP contribution < -0.4 is 14.8 Å². The van der Waals surface area contributed by atoms with Gasteiger partial charge in [-0.2, -0.15) is 0 Å². The van der Waals surface area contributed by atoms with Crippen molar-refractivity contribution in [3.05, 3.63) is 23.8 Å². The Morgan fingerprint density at radius 3 is 2.73 bits per heavy atom. The molecule has 1 aromatic carbocycles. The predicted molar refractivity (Wildman–Crippen MR) is 59.4 cm³/mol. The number of benzene rings is 1. The lowest BCUT2D eigenvalue weighted by Crippen LogP contribution is -2.12. The fraction of sp³-hybridized carbons (Fsp3) is 0.500. The SMILES string of the molecule is CNCc1ccc2c(c1)OCC(C)CO2. The Morgan fingerprint density at radius 2 is 2.00 bits per heavy atom. The Hall–Kier alpha value is -1.22. The molecule has 0 saturated carbocycles. The Balaban J connectivity index is 2.20. The molecular weight excluding hydrogens is 190 g/mol. The van der Waals surface area contributed by atoms with Gasteiger partial charge in [0.25, 0.3) is 0 Å². The number of fused-ring (bicyclic) bond motifs is 1. The summed E-state index contributed by atoms with van der Waals surface area (Å²) in [4.78, 5) is 0. The van der Waals surface area contributed by atoms with Gasteiger partial charge in [0.1, 0.15) is 0 Å². The molecule has 1 unspecified atom stereocenters. The molecule has 3 nitrogen and oxygen atoms in total. The first-order chi connectivity index (χ1) is 7.29. The van der Waals surface area contributed by atoms with E-state index >= 15 is 0 Å². The molecule has 1 N–H and O–H groups in total. The van der Waals surface area contributed by atoms with Gasteiger partial charge in [0.2, 0.25) is 0 Å². The summed E-state index contributed by atoms with van der Waals surface area (Å²) < 4.78 is 11.3. The van der Waals surface area contributed by atoms with Crippen LogP contribution in [-0.2, 0) is 6.54 Å². The zero-order valence-corrected chi connectivity index (χ0v) is 9.25. The van der Waals surface area contributed by atoms with E-state index < -0.39 is 0 Å². The van der Waals surface area contributed by atoms with Crippen LogP contribution >= 0.6 is 0 Å². The van der Waals surface area contributed by atoms with E-state index in [0.29, 0.717) is 5.92 Å². The highest BCUT2D eigenvalue weighted by Crippen LogP contribution is 2.31. The standard InChI is InChI=1S/C12H17NO2/c1-9-7-14-11-4-3-10(6-13-2)5-12(11)15-8-9/h3-5,9,13H,6-8H2,1-2H3. The average molecular weight is 207 g/mol. The van der Waals surface area contributed by atoms with Gasteiger partial charge in [0, 0.05) is 12.5 Å². The summed E-state index contributed by atoms with van der Waals surface area (Å²) in [6, 6.07) is 6.10. The van der Waals surface area contributed by atoms with Crippen LogP contribution in [0.3, 0.4) is 0 Å². The van der Waals surface area contributed by atoms with E-state index in [0.717, 1.165) is 31.3 Å². The maximum atomic E-state index is 5.69. The van der Waals surface area contributed by atoms with Crippen molar-refractivity contribution in [3.8, 4) is 11.5 Å². The van der Waals surface area contributed by atoms with Crippen LogP contribution in [0, 0.1) is 5.92 Å². The number of nitrogens with one attached hydrogen (secondary N) is 1. The van der Waals surface area contributed by atoms with Gasteiger partial charge in [-0.05, 0) is 24.7 Å². The minimum absolute atomic E-state index is 0.449. The molecule has 1 atom stereocenters. The zero-order chi connectivity index (χ0) is 10.7. The minimum atomic E-state index is 0.449. The second-order valence-electron chi connectivity index (χ2n) is 4.04. The van der Waals surface area contributed by atoms with Crippen molar-refractivity contribution in [3.63, 3.8) is 0 Å². The van der Waals surface area contributed by atoms with Gasteiger partial charge in [0.15, 0.2) is 11.5 Å². The first kappa shape index (κ1) is 10.3. The van der Waals surface area contributed by atoms with Crippen LogP contribution in [0.15, 0.2) is 18.2 Å². The Kier molecular flexibility index (Phi) is 3.11. The molecule has 1 aliphatic heterocycles. The molecule has 2 rings (SSSR count). The highest BCUT2D eigenvalue weighted by Gasteiger charge is 2.14. The van der Waals surface area contributed by atoms with Crippen LogP contribution in [0.1, 0.15) is 12.5 Å². The zero-order valence-electron chi connectivity index (χ0n) is 9.25. The molecule has 0 bridgehead atoms. The molecule has 0 aliphatic carbocycles. The summed E-state index contributed by atoms with van der Waals surface area (Å²) in [5.41, 5.74) is 1.22. The molecule has 82 valence electrons. The van der Waals surface area contributed by atoms with Crippen molar-refractivity contribution < 1.29 is 9.47 Å². The summed E-state index contributed by atoms with van der Waals surface area (Å²) in [6.45, 7) is 4.45. The van der Waals surface area contributed by atoms with E-state index in [2.05, 4.69) is 18.3 Å². The second-order valence-corrected chi connectivity index (χ2v) is 4.04. The van der Waals surface area contributed by atoms with Crippen LogP contribution in [0.25, 0.3) is 0 Å². The monoisotopic (exact) mass is 207 g/mol. The molecular formula is C12H17NO2. The van der Waals surface area contributed by atoms with Gasteiger partial charge in [-0.1, -0.05) is 13.0 Å². The van der Waals surface area contributed by atoms with Gasteiger partial charge in [-0.25, -0.2) is 0 Å². The largest absolute Gasteiger partial charge is 0.489 e. The molecule has 0 spiro atoms. The minimum Gasteiger partial charge on any atom is -0.489 e. The van der Waals surface area contributed by atoms with E-state index in [4.69, 9.17) is 9.47 Å². The topological polar surface area (TPSA) is 30.5 Å². The van der Waals surface area contributed by atoms with Gasteiger partial charge in [-0.3, -0.25) is 0 Å². The summed E-state index contributed by atoms with van der Waals surface area (Å²) in [5, 5.41) is 3.12. The predicted octanol–water partition coefficient (Wildman–Crippen LogP) is 1.81. The normalized spacial score (nSPS) is 19.7. The Morgan fingerprint density at radius 1 is 1.27 bits per heavy atom. The highest BCUT2D eigenvalue weighted by molar-refractivity contribution is 5.43. The summed E-state index contributed by atoms with van der Waals surface area (Å²) in [6.07, 6.45) is 0. The van der Waals surface area contributed by atoms with Crippen molar-refractivity contribution in [2.75, 3.05) is 20.3 Å². The van der Waals surface area contributed by atoms with E-state index in [9.17, 15) is 0 Å². The molecule has 0 aromatic heterocycles. The molecule has 0 fully saturated rings. The van der Waals surface area contributed by atoms with Crippen LogP contribution in [0.5, 0.6) is 11.5 Å². The summed E-state index contributed by atoms with van der Waals surface area (Å²) in [7, 11) is 1.94. The van der Waals surface area contributed by atoms with Crippen molar-refractivity contribution in [2.24, 2.45) is 5.92 Å². The molecule has 15 heavy (non-hydrogen) atoms. The summed E-state index contributed by atoms with van der Waals surface area (Å²) in [5.74, 6) is 2.18. The van der Waals surface area contributed by atoms with E-state index in [-0.39, 0.29) is 0 Å². The van der Waals surface area contributed by atoms with Gasteiger partial charge in [-0.15, -0.1) is 0 Å². The van der Waals surface area contributed by atoms with Crippen molar-refractivity contribution in [1.29, 1.82) is 0 Å². The smallest absolute Gasteiger partial charge is 0.161 e. The maximum Gasteiger partial charge on any atom is 0.161 e. The van der Waals surface area contributed by atoms with Gasteiger partial charge in [0.05, 0.1) is 13.2 Å². The van der Waals surface area contributed by atoms with E-state index in [1.165, 1.54) is 5.56 Å². The number of hydrogen-bond acceptors (Lipinski definition) is 3. The first-order valence-corrected chi connectivity index (χ1v) is 5.32. The van der Waals surface area contributed by atoms with Gasteiger partial charge >= 0.3 is 0 Å². The molecule has 0 saturated heterocycles. The Bertz CT molecular complexity index is 338. The highest BCUT2D eigenvalue weighted by atomic mass is 16.5. The number of rotatable bonds is 2. The quantitative estimate of drug-likeness (QED) is 0.802. The third-order valence-corrected chi connectivity index (χ3v) is 2.44. The van der Waals surface area contributed by atoms with Gasteiger partial charge < -0.3 is 14.8 Å². The fourth-order valence-electron chi connectivity index (χ4n) is 1.61. The third-order valence-electron chi connectivity index (χ3n) is 2.44. The van der Waals surface area contributed by atoms with Crippen LogP contribution in [-0.4, -0.2) is 20.3 Å². The molecule has 0 radical (unpaired) electrons. The third kappa shape index (κ3) is 2.42. The van der Waals surface area contributed by atoms with E-state index in [1.807, 2.05) is 19.2 Å². The molecule has 1 aliphatic rings. The maximum absolute atomic E-state index is 5.69. The van der Waals surface area contributed by atoms with Crippen molar-refractivity contribution in [2.45, 2.75) is 13.5 Å². The van der Waals surface area contributed by atoms with E-state index in [1.54, 1.807) is 0 Å². The first-order valence-electron chi connectivity index (χ1n) is 5.32. The Labute approximate surface area is 90.4 Å². The molecule has 0 amide bonds. The second kappa shape index (κ2) is 4.53. The summed E-state index contributed by atoms with van der Waals surface area (Å²) >= 11 is 0. The molecule has 1 heterocycles.